The van der Waals surface area contributed by atoms with E-state index in [1.165, 1.54) is 5.56 Å². The second kappa shape index (κ2) is 11.2. The molecule has 5 rings (SSSR count). The Morgan fingerprint density at radius 1 is 1.13 bits per heavy atom. The number of hydrogen-bond acceptors (Lipinski definition) is 4. The number of benzene rings is 1. The molecule has 7 heteroatoms. The highest BCUT2D eigenvalue weighted by Gasteiger charge is 2.13. The second-order valence-electron chi connectivity index (χ2n) is 10.2. The van der Waals surface area contributed by atoms with Gasteiger partial charge in [-0.1, -0.05) is 18.7 Å². The maximum Gasteiger partial charge on any atom is 0.138 e. The fourth-order valence-corrected chi connectivity index (χ4v) is 4.87. The quantitative estimate of drug-likeness (QED) is 0.293. The molecular formula is C32H33FN6. The van der Waals surface area contributed by atoms with Crippen molar-refractivity contribution >= 4 is 29.3 Å². The van der Waals surface area contributed by atoms with Crippen LogP contribution in [-0.4, -0.2) is 50.7 Å². The van der Waals surface area contributed by atoms with Crippen LogP contribution in [0.15, 0.2) is 61.1 Å². The minimum absolute atomic E-state index is 0.231. The Bertz CT molecular complexity index is 1780. The van der Waals surface area contributed by atoms with Crippen molar-refractivity contribution in [2.24, 2.45) is 0 Å². The van der Waals surface area contributed by atoms with Crippen LogP contribution in [-0.2, 0) is 6.42 Å². The van der Waals surface area contributed by atoms with Gasteiger partial charge in [-0.15, -0.1) is 0 Å². The van der Waals surface area contributed by atoms with E-state index in [0.717, 1.165) is 80.2 Å². The largest absolute Gasteiger partial charge is 0.338 e. The highest BCUT2D eigenvalue weighted by atomic mass is 19.1. The molecule has 0 atom stereocenters. The lowest BCUT2D eigenvalue weighted by atomic mass is 9.99. The van der Waals surface area contributed by atoms with Gasteiger partial charge >= 0.3 is 0 Å². The first-order chi connectivity index (χ1) is 18.8. The van der Waals surface area contributed by atoms with Gasteiger partial charge in [0.1, 0.15) is 17.2 Å². The van der Waals surface area contributed by atoms with E-state index in [1.807, 2.05) is 50.6 Å². The number of fused-ring (bicyclic) bond motifs is 1. The number of H-pyrrole nitrogens is 2. The predicted molar refractivity (Wildman–Crippen MR) is 158 cm³/mol. The summed E-state index contributed by atoms with van der Waals surface area (Å²) in [5.74, 6) is -0.231. The zero-order chi connectivity index (χ0) is 27.5. The summed E-state index contributed by atoms with van der Waals surface area (Å²) < 4.78 is 14.6. The maximum absolute atomic E-state index is 14.6. The number of nitrogens with one attached hydrogen (secondary N) is 2. The smallest absolute Gasteiger partial charge is 0.138 e. The summed E-state index contributed by atoms with van der Waals surface area (Å²) in [5.41, 5.74) is 8.38. The van der Waals surface area contributed by atoms with Crippen LogP contribution in [0.3, 0.4) is 0 Å². The van der Waals surface area contributed by atoms with Gasteiger partial charge in [0.05, 0.1) is 11.0 Å². The third kappa shape index (κ3) is 5.73. The third-order valence-corrected chi connectivity index (χ3v) is 6.99. The first-order valence-electron chi connectivity index (χ1n) is 13.1. The van der Waals surface area contributed by atoms with Crippen LogP contribution >= 0.6 is 0 Å². The van der Waals surface area contributed by atoms with Crippen molar-refractivity contribution in [3.05, 3.63) is 94.1 Å². The Kier molecular flexibility index (Phi) is 7.52. The number of hydrogen-bond donors (Lipinski definition) is 2. The highest BCUT2D eigenvalue weighted by Crippen LogP contribution is 2.31. The predicted octanol–water partition coefficient (Wildman–Crippen LogP) is 5.25. The van der Waals surface area contributed by atoms with E-state index >= 15 is 0 Å². The van der Waals surface area contributed by atoms with Crippen LogP contribution < -0.4 is 10.6 Å². The van der Waals surface area contributed by atoms with Gasteiger partial charge in [-0.25, -0.2) is 9.37 Å². The number of rotatable bonds is 8. The van der Waals surface area contributed by atoms with Gasteiger partial charge in [0.2, 0.25) is 0 Å². The average molecular weight is 521 g/mol. The van der Waals surface area contributed by atoms with Gasteiger partial charge < -0.3 is 9.88 Å². The summed E-state index contributed by atoms with van der Waals surface area (Å²) in [4.78, 5) is 14.3. The van der Waals surface area contributed by atoms with Crippen molar-refractivity contribution in [3.8, 4) is 22.5 Å². The minimum atomic E-state index is -0.231. The molecule has 0 saturated carbocycles. The van der Waals surface area contributed by atoms with Crippen molar-refractivity contribution in [1.29, 1.82) is 0 Å². The monoisotopic (exact) mass is 520 g/mol. The van der Waals surface area contributed by atoms with Crippen LogP contribution in [0, 0.1) is 12.7 Å². The first kappa shape index (κ1) is 26.3. The molecule has 0 bridgehead atoms. The van der Waals surface area contributed by atoms with Gasteiger partial charge in [0.25, 0.3) is 0 Å². The number of allylic oxidation sites excluding steroid dienone is 2. The molecule has 5 aromatic rings. The molecule has 0 spiro atoms. The van der Waals surface area contributed by atoms with E-state index in [0.29, 0.717) is 0 Å². The number of aromatic amines is 2. The molecule has 0 unspecified atom stereocenters. The highest BCUT2D eigenvalue weighted by molar-refractivity contribution is 5.96. The van der Waals surface area contributed by atoms with Crippen LogP contribution in [0.25, 0.3) is 51.8 Å². The van der Waals surface area contributed by atoms with Crippen molar-refractivity contribution in [1.82, 2.24) is 30.0 Å². The molecule has 1 aromatic carbocycles. The topological polar surface area (TPSA) is 73.5 Å². The molecular weight excluding hydrogens is 487 g/mol. The molecule has 4 heterocycles. The molecule has 0 aliphatic heterocycles. The van der Waals surface area contributed by atoms with Crippen LogP contribution in [0.2, 0.25) is 0 Å². The van der Waals surface area contributed by atoms with E-state index in [1.54, 1.807) is 24.5 Å². The molecule has 0 radical (unpaired) electrons. The lowest BCUT2D eigenvalue weighted by Gasteiger charge is -2.10. The summed E-state index contributed by atoms with van der Waals surface area (Å²) in [6.45, 7) is 9.37. The SMILES string of the molecule is C=c1c(-c2cc3c(-c4cc(F)cc(CCCN(C)C)c4)ccnc3[nH]2)n[nH]/c1=C/C=C(\C)c1cnccc1C. The van der Waals surface area contributed by atoms with Crippen molar-refractivity contribution < 1.29 is 4.39 Å². The Hall–Kier alpha value is -4.36. The standard InChI is InChI=1S/C32H33FN6/c1-20(28-19-34-12-10-21(28)2)8-9-29-22(3)31(38-37-29)30-18-27-26(11-13-35-32(27)36-30)24-15-23(16-25(33)17-24)7-6-14-39(4)5/h8-13,15-19,37H,3,6-7,14H2,1-2,4-5H3,(H,35,36)/b20-8+,29-9+. The normalized spacial score (nSPS) is 12.7. The Balaban J connectivity index is 1.49. The third-order valence-electron chi connectivity index (χ3n) is 6.99. The van der Waals surface area contributed by atoms with E-state index in [4.69, 9.17) is 0 Å². The molecule has 0 aliphatic rings. The number of halogens is 1. The molecule has 2 N–H and O–H groups in total. The molecule has 198 valence electrons. The lowest BCUT2D eigenvalue weighted by Crippen LogP contribution is -2.21. The van der Waals surface area contributed by atoms with Crippen molar-refractivity contribution in [3.63, 3.8) is 0 Å². The lowest BCUT2D eigenvalue weighted by molar-refractivity contribution is 0.400. The van der Waals surface area contributed by atoms with Crippen LogP contribution in [0.1, 0.15) is 30.0 Å². The van der Waals surface area contributed by atoms with Gasteiger partial charge in [0, 0.05) is 29.2 Å². The summed E-state index contributed by atoms with van der Waals surface area (Å²) in [7, 11) is 4.10. The Morgan fingerprint density at radius 3 is 2.77 bits per heavy atom. The molecule has 0 saturated heterocycles. The van der Waals surface area contributed by atoms with Crippen LogP contribution in [0.4, 0.5) is 4.39 Å². The maximum atomic E-state index is 14.6. The van der Waals surface area contributed by atoms with Gasteiger partial charge in [-0.2, -0.15) is 5.10 Å². The van der Waals surface area contributed by atoms with Gasteiger partial charge in [-0.3, -0.25) is 10.1 Å². The second-order valence-corrected chi connectivity index (χ2v) is 10.2. The fourth-order valence-electron chi connectivity index (χ4n) is 4.87. The molecule has 39 heavy (non-hydrogen) atoms. The summed E-state index contributed by atoms with van der Waals surface area (Å²) in [6, 6.07) is 11.2. The first-order valence-corrected chi connectivity index (χ1v) is 13.1. The molecule has 4 aromatic heterocycles. The number of aryl methyl sites for hydroxylation is 2. The zero-order valence-electron chi connectivity index (χ0n) is 22.8. The average Bonchev–Trinajstić information content (AvgIpc) is 3.50. The van der Waals surface area contributed by atoms with Crippen molar-refractivity contribution in [2.75, 3.05) is 20.6 Å². The number of nitrogens with zero attached hydrogens (tertiary/aromatic N) is 4. The molecule has 0 aliphatic carbocycles. The fraction of sp³-hybridized carbons (Fsp3) is 0.219. The summed E-state index contributed by atoms with van der Waals surface area (Å²) >= 11 is 0. The summed E-state index contributed by atoms with van der Waals surface area (Å²) in [6.07, 6.45) is 11.2. The van der Waals surface area contributed by atoms with Gasteiger partial charge in [0.15, 0.2) is 0 Å². The van der Waals surface area contributed by atoms with Gasteiger partial charge in [-0.05, 0) is 117 Å². The molecule has 0 fully saturated rings. The number of aromatic nitrogens is 5. The van der Waals surface area contributed by atoms with E-state index in [2.05, 4.69) is 56.5 Å². The minimum Gasteiger partial charge on any atom is -0.338 e. The van der Waals surface area contributed by atoms with E-state index < -0.39 is 0 Å². The summed E-state index contributed by atoms with van der Waals surface area (Å²) in [5, 5.41) is 10.2. The van der Waals surface area contributed by atoms with Crippen molar-refractivity contribution in [2.45, 2.75) is 26.7 Å². The van der Waals surface area contributed by atoms with E-state index in [9.17, 15) is 4.39 Å². The molecule has 6 nitrogen and oxygen atoms in total. The van der Waals surface area contributed by atoms with E-state index in [-0.39, 0.29) is 5.82 Å². The zero-order valence-corrected chi connectivity index (χ0v) is 22.8. The molecule has 0 amide bonds. The Morgan fingerprint density at radius 2 is 1.97 bits per heavy atom. The van der Waals surface area contributed by atoms with Crippen LogP contribution in [0.5, 0.6) is 0 Å². The number of pyridine rings is 2. The Labute approximate surface area is 227 Å².